The fourth-order valence-corrected chi connectivity index (χ4v) is 5.45. The summed E-state index contributed by atoms with van der Waals surface area (Å²) in [4.78, 5) is 28.3. The Balaban J connectivity index is 1.74. The van der Waals surface area contributed by atoms with E-state index in [1.165, 1.54) is 16.7 Å². The first kappa shape index (κ1) is 24.9. The van der Waals surface area contributed by atoms with Crippen molar-refractivity contribution in [3.63, 3.8) is 0 Å². The number of carbonyl (C=O) groups is 2. The number of rotatable bonds is 5. The van der Waals surface area contributed by atoms with E-state index in [-0.39, 0.29) is 16.5 Å². The molecule has 4 rings (SSSR count). The summed E-state index contributed by atoms with van der Waals surface area (Å²) in [5.41, 5.74) is 3.71. The van der Waals surface area contributed by atoms with Crippen LogP contribution in [-0.4, -0.2) is 17.1 Å². The number of halogens is 2. The van der Waals surface area contributed by atoms with E-state index in [0.717, 1.165) is 16.7 Å². The molecule has 1 unspecified atom stereocenters. The molecule has 0 bridgehead atoms. The third kappa shape index (κ3) is 5.23. The summed E-state index contributed by atoms with van der Waals surface area (Å²) in [5, 5.41) is 13.6. The lowest BCUT2D eigenvalue weighted by molar-refractivity contribution is -0.117. The highest BCUT2D eigenvalue weighted by Gasteiger charge is 2.41. The SMILES string of the molecule is Cc1cccc(NC(=O)C(C#N)=C2SC(Cc3cc(Cl)ccc3Cl)C(=O)N2c2ccccc2)c1C. The average molecular weight is 522 g/mol. The molecule has 3 aromatic carbocycles. The van der Waals surface area contributed by atoms with E-state index in [9.17, 15) is 14.9 Å². The van der Waals surface area contributed by atoms with Gasteiger partial charge in [0.1, 0.15) is 16.7 Å². The Hall–Kier alpha value is -3.24. The molecule has 1 N–H and O–H groups in total. The molecule has 1 aliphatic rings. The van der Waals surface area contributed by atoms with Gasteiger partial charge in [0.05, 0.1) is 5.25 Å². The predicted octanol–water partition coefficient (Wildman–Crippen LogP) is 6.68. The summed E-state index contributed by atoms with van der Waals surface area (Å²) in [7, 11) is 0. The Kier molecular flexibility index (Phi) is 7.51. The lowest BCUT2D eigenvalue weighted by atomic mass is 10.1. The Labute approximate surface area is 218 Å². The van der Waals surface area contributed by atoms with Gasteiger partial charge in [-0.25, -0.2) is 0 Å². The summed E-state index contributed by atoms with van der Waals surface area (Å²) in [6.45, 7) is 3.85. The summed E-state index contributed by atoms with van der Waals surface area (Å²) in [6.07, 6.45) is 0.299. The highest BCUT2D eigenvalue weighted by atomic mass is 35.5. The quantitative estimate of drug-likeness (QED) is 0.300. The fourth-order valence-electron chi connectivity index (χ4n) is 3.77. The van der Waals surface area contributed by atoms with E-state index in [1.54, 1.807) is 48.5 Å². The van der Waals surface area contributed by atoms with Gasteiger partial charge in [-0.1, -0.05) is 65.3 Å². The van der Waals surface area contributed by atoms with Gasteiger partial charge in [-0.05, 0) is 73.4 Å². The molecule has 3 aromatic rings. The van der Waals surface area contributed by atoms with Crippen molar-refractivity contribution in [2.75, 3.05) is 10.2 Å². The van der Waals surface area contributed by atoms with E-state index in [2.05, 4.69) is 5.32 Å². The molecule has 1 saturated heterocycles. The number of benzene rings is 3. The minimum Gasteiger partial charge on any atom is -0.321 e. The zero-order chi connectivity index (χ0) is 25.1. The molecule has 2 amide bonds. The molecule has 0 aliphatic carbocycles. The number of para-hydroxylation sites is 1. The number of nitriles is 1. The number of nitrogens with one attached hydrogen (secondary N) is 1. The molecule has 5 nitrogen and oxygen atoms in total. The van der Waals surface area contributed by atoms with Gasteiger partial charge in [-0.3, -0.25) is 14.5 Å². The van der Waals surface area contributed by atoms with E-state index in [0.29, 0.717) is 27.8 Å². The van der Waals surface area contributed by atoms with Crippen LogP contribution in [0.5, 0.6) is 0 Å². The maximum Gasteiger partial charge on any atom is 0.269 e. The molecule has 0 radical (unpaired) electrons. The second kappa shape index (κ2) is 10.6. The van der Waals surface area contributed by atoms with E-state index in [1.807, 2.05) is 38.1 Å². The zero-order valence-corrected chi connectivity index (χ0v) is 21.3. The molecule has 35 heavy (non-hydrogen) atoms. The highest BCUT2D eigenvalue weighted by molar-refractivity contribution is 8.05. The third-order valence-electron chi connectivity index (χ3n) is 5.79. The van der Waals surface area contributed by atoms with Crippen LogP contribution in [0.25, 0.3) is 0 Å². The second-order valence-electron chi connectivity index (χ2n) is 8.05. The molecule has 1 heterocycles. The van der Waals surface area contributed by atoms with E-state index >= 15 is 0 Å². The van der Waals surface area contributed by atoms with Crippen molar-refractivity contribution < 1.29 is 9.59 Å². The van der Waals surface area contributed by atoms with Gasteiger partial charge >= 0.3 is 0 Å². The van der Waals surface area contributed by atoms with Crippen molar-refractivity contribution in [2.45, 2.75) is 25.5 Å². The molecule has 176 valence electrons. The Bertz CT molecular complexity index is 1380. The molecule has 0 saturated carbocycles. The lowest BCUT2D eigenvalue weighted by Gasteiger charge is -2.19. The minimum absolute atomic E-state index is 0.132. The number of hydrogen-bond acceptors (Lipinski definition) is 4. The largest absolute Gasteiger partial charge is 0.321 e. The summed E-state index contributed by atoms with van der Waals surface area (Å²) in [5.74, 6) is -0.807. The predicted molar refractivity (Wildman–Crippen MR) is 143 cm³/mol. The van der Waals surface area contributed by atoms with Gasteiger partial charge < -0.3 is 5.32 Å². The first-order valence-corrected chi connectivity index (χ1v) is 12.4. The first-order chi connectivity index (χ1) is 16.8. The molecule has 0 aromatic heterocycles. The van der Waals surface area contributed by atoms with Crippen molar-refractivity contribution in [3.8, 4) is 6.07 Å². The summed E-state index contributed by atoms with van der Waals surface area (Å²) < 4.78 is 0. The van der Waals surface area contributed by atoms with Crippen LogP contribution in [0.1, 0.15) is 16.7 Å². The van der Waals surface area contributed by atoms with Crippen molar-refractivity contribution >= 4 is 58.2 Å². The smallest absolute Gasteiger partial charge is 0.269 e. The van der Waals surface area contributed by atoms with Crippen LogP contribution >= 0.6 is 35.0 Å². The zero-order valence-electron chi connectivity index (χ0n) is 19.0. The van der Waals surface area contributed by atoms with Gasteiger partial charge in [-0.15, -0.1) is 0 Å². The number of carbonyl (C=O) groups excluding carboxylic acids is 2. The molecular weight excluding hydrogens is 501 g/mol. The standard InChI is InChI=1S/C27H21Cl2N3O2S/c1-16-7-6-10-23(17(16)2)31-25(33)21(15-30)27-32(20-8-4-3-5-9-20)26(34)24(35-27)14-18-13-19(28)11-12-22(18)29/h3-13,24H,14H2,1-2H3,(H,31,33). The number of hydrogen-bond donors (Lipinski definition) is 1. The summed E-state index contributed by atoms with van der Waals surface area (Å²) in [6, 6.07) is 21.7. The highest BCUT2D eigenvalue weighted by Crippen LogP contribution is 2.42. The van der Waals surface area contributed by atoms with Crippen molar-refractivity contribution in [1.29, 1.82) is 5.26 Å². The fraction of sp³-hybridized carbons (Fsp3) is 0.148. The van der Waals surface area contributed by atoms with Crippen LogP contribution in [0.15, 0.2) is 77.3 Å². The Morgan fingerprint density at radius 3 is 2.54 bits per heavy atom. The van der Waals surface area contributed by atoms with Gasteiger partial charge in [-0.2, -0.15) is 5.26 Å². The van der Waals surface area contributed by atoms with Crippen molar-refractivity contribution in [2.24, 2.45) is 0 Å². The lowest BCUT2D eigenvalue weighted by Crippen LogP contribution is -2.31. The monoisotopic (exact) mass is 521 g/mol. The number of thioether (sulfide) groups is 1. The molecule has 8 heteroatoms. The van der Waals surface area contributed by atoms with Gasteiger partial charge in [0.2, 0.25) is 5.91 Å². The van der Waals surface area contributed by atoms with E-state index in [4.69, 9.17) is 23.2 Å². The maximum absolute atomic E-state index is 13.6. The molecule has 1 fully saturated rings. The second-order valence-corrected chi connectivity index (χ2v) is 10.1. The molecular formula is C27H21Cl2N3O2S. The van der Waals surface area contributed by atoms with Gasteiger partial charge in [0, 0.05) is 21.4 Å². The normalized spacial score (nSPS) is 16.7. The van der Waals surface area contributed by atoms with Crippen LogP contribution in [-0.2, 0) is 16.0 Å². The van der Waals surface area contributed by atoms with Crippen LogP contribution in [0.3, 0.4) is 0 Å². The number of aryl methyl sites for hydroxylation is 1. The van der Waals surface area contributed by atoms with Gasteiger partial charge in [0.25, 0.3) is 5.91 Å². The average Bonchev–Trinajstić information content (AvgIpc) is 3.15. The van der Waals surface area contributed by atoms with Crippen LogP contribution in [0.2, 0.25) is 10.0 Å². The van der Waals surface area contributed by atoms with Gasteiger partial charge in [0.15, 0.2) is 0 Å². The maximum atomic E-state index is 13.6. The van der Waals surface area contributed by atoms with Crippen molar-refractivity contribution in [1.82, 2.24) is 0 Å². The Morgan fingerprint density at radius 2 is 1.83 bits per heavy atom. The molecule has 1 atom stereocenters. The number of amides is 2. The molecule has 0 spiro atoms. The van der Waals surface area contributed by atoms with Crippen LogP contribution in [0.4, 0.5) is 11.4 Å². The molecule has 1 aliphatic heterocycles. The first-order valence-electron chi connectivity index (χ1n) is 10.8. The van der Waals surface area contributed by atoms with Crippen molar-refractivity contribution in [3.05, 3.63) is 104 Å². The Morgan fingerprint density at radius 1 is 1.09 bits per heavy atom. The van der Waals surface area contributed by atoms with Crippen LogP contribution < -0.4 is 10.2 Å². The number of anilines is 2. The summed E-state index contributed by atoms with van der Waals surface area (Å²) >= 11 is 13.7. The van der Waals surface area contributed by atoms with E-state index < -0.39 is 11.2 Å². The topological polar surface area (TPSA) is 73.2 Å². The third-order valence-corrected chi connectivity index (χ3v) is 7.65. The van der Waals surface area contributed by atoms with Crippen LogP contribution in [0, 0.1) is 25.2 Å². The number of nitrogens with zero attached hydrogens (tertiary/aromatic N) is 2. The minimum atomic E-state index is -0.585.